The summed E-state index contributed by atoms with van der Waals surface area (Å²) >= 11 is 0. The van der Waals surface area contributed by atoms with Gasteiger partial charge in [-0.15, -0.1) is 0 Å². The zero-order valence-electron chi connectivity index (χ0n) is 20.8. The first-order valence-corrected chi connectivity index (χ1v) is 15.1. The number of aromatic nitrogens is 3. The summed E-state index contributed by atoms with van der Waals surface area (Å²) in [6, 6.07) is 8.24. The minimum atomic E-state index is -1.22. The molecule has 2 aromatic heterocycles. The molecule has 0 aliphatic rings. The molecule has 3 aromatic rings. The van der Waals surface area contributed by atoms with Crippen LogP contribution in [0.25, 0.3) is 22.0 Å². The van der Waals surface area contributed by atoms with Crippen LogP contribution in [-0.4, -0.2) is 42.1 Å². The van der Waals surface area contributed by atoms with Gasteiger partial charge in [0.15, 0.2) is 0 Å². The van der Waals surface area contributed by atoms with Gasteiger partial charge in [-0.2, -0.15) is 5.10 Å². The number of fused-ring (bicyclic) bond motifs is 1. The van der Waals surface area contributed by atoms with Crippen LogP contribution in [0.4, 0.5) is 0 Å². The Morgan fingerprint density at radius 2 is 1.94 bits per heavy atom. The summed E-state index contributed by atoms with van der Waals surface area (Å²) in [5, 5.41) is 5.99. The maximum atomic E-state index is 13.3. The van der Waals surface area contributed by atoms with Crippen molar-refractivity contribution in [3.05, 3.63) is 52.1 Å². The van der Waals surface area contributed by atoms with Crippen molar-refractivity contribution in [2.24, 2.45) is 13.0 Å². The Morgan fingerprint density at radius 3 is 2.58 bits per heavy atom. The lowest BCUT2D eigenvalue weighted by molar-refractivity contribution is 0.0601. The Morgan fingerprint density at radius 1 is 1.21 bits per heavy atom. The number of esters is 1. The van der Waals surface area contributed by atoms with Crippen molar-refractivity contribution in [2.75, 3.05) is 13.7 Å². The van der Waals surface area contributed by atoms with Crippen LogP contribution in [-0.2, 0) is 29.7 Å². The third kappa shape index (κ3) is 5.81. The molecule has 0 spiro atoms. The lowest BCUT2D eigenvalue weighted by atomic mass is 10.0. The number of ether oxygens (including phenoxy) is 2. The summed E-state index contributed by atoms with van der Waals surface area (Å²) in [7, 11) is 1.82. The molecule has 0 radical (unpaired) electrons. The second kappa shape index (κ2) is 10.1. The molecule has 0 fully saturated rings. The topological polar surface area (TPSA) is 75.4 Å². The predicted molar refractivity (Wildman–Crippen MR) is 134 cm³/mol. The van der Waals surface area contributed by atoms with Gasteiger partial charge in [-0.3, -0.25) is 4.79 Å². The Hall–Kier alpha value is -2.71. The normalized spacial score (nSPS) is 12.0. The predicted octanol–water partition coefficient (Wildman–Crippen LogP) is 4.70. The van der Waals surface area contributed by atoms with Crippen molar-refractivity contribution in [1.29, 1.82) is 0 Å². The first kappa shape index (κ1) is 24.9. The zero-order valence-corrected chi connectivity index (χ0v) is 21.8. The molecule has 0 amide bonds. The van der Waals surface area contributed by atoms with Crippen LogP contribution in [0, 0.1) is 5.92 Å². The van der Waals surface area contributed by atoms with Gasteiger partial charge in [-0.25, -0.2) is 9.48 Å². The number of carbonyl (C=O) groups excluding carboxylic acids is 1. The highest BCUT2D eigenvalue weighted by Crippen LogP contribution is 2.31. The summed E-state index contributed by atoms with van der Waals surface area (Å²) in [6.07, 6.45) is 2.73. The molecule has 0 saturated heterocycles. The third-order valence-electron chi connectivity index (χ3n) is 5.55. The summed E-state index contributed by atoms with van der Waals surface area (Å²) in [5.74, 6) is -0.0265. The van der Waals surface area contributed by atoms with Crippen molar-refractivity contribution in [3.63, 3.8) is 0 Å². The molecule has 0 atom stereocenters. The van der Waals surface area contributed by atoms with E-state index in [0.29, 0.717) is 30.2 Å². The Bertz CT molecular complexity index is 1200. The fraction of sp³-hybridized carbons (Fsp3) is 0.480. The van der Waals surface area contributed by atoms with Crippen LogP contribution in [0.1, 0.15) is 29.9 Å². The molecule has 0 unspecified atom stereocenters. The van der Waals surface area contributed by atoms with Gasteiger partial charge in [0.1, 0.15) is 6.73 Å². The van der Waals surface area contributed by atoms with E-state index in [1.807, 2.05) is 16.8 Å². The number of carbonyl (C=O) groups is 1. The van der Waals surface area contributed by atoms with Gasteiger partial charge >= 0.3 is 5.97 Å². The molecule has 2 heterocycles. The number of methoxy groups -OCH3 is 1. The number of rotatable bonds is 9. The maximum Gasteiger partial charge on any atom is 0.337 e. The van der Waals surface area contributed by atoms with Gasteiger partial charge in [0.2, 0.25) is 0 Å². The third-order valence-corrected chi connectivity index (χ3v) is 7.26. The highest BCUT2D eigenvalue weighted by molar-refractivity contribution is 6.76. The fourth-order valence-electron chi connectivity index (χ4n) is 3.84. The van der Waals surface area contributed by atoms with Gasteiger partial charge in [0.05, 0.1) is 29.4 Å². The second-order valence-electron chi connectivity index (χ2n) is 10.1. The largest absolute Gasteiger partial charge is 0.465 e. The van der Waals surface area contributed by atoms with Crippen molar-refractivity contribution in [3.8, 4) is 11.3 Å². The summed E-state index contributed by atoms with van der Waals surface area (Å²) in [6.45, 7) is 12.2. The molecule has 3 rings (SSSR count). The number of nitrogens with zero attached hydrogens (tertiary/aromatic N) is 3. The van der Waals surface area contributed by atoms with E-state index in [1.54, 1.807) is 25.2 Å². The van der Waals surface area contributed by atoms with Gasteiger partial charge in [0.25, 0.3) is 5.56 Å². The Labute approximate surface area is 196 Å². The minimum absolute atomic E-state index is 0.170. The molecule has 7 nitrogen and oxygen atoms in total. The smallest absolute Gasteiger partial charge is 0.337 e. The molecule has 0 aliphatic heterocycles. The van der Waals surface area contributed by atoms with E-state index >= 15 is 0 Å². The molecular formula is C25H35N3O4Si. The Balaban J connectivity index is 2.18. The fourth-order valence-corrected chi connectivity index (χ4v) is 4.59. The van der Waals surface area contributed by atoms with Crippen molar-refractivity contribution < 1.29 is 14.3 Å². The standard InChI is InChI=1S/C25H35N3O4Si/c1-17(2)13-21-20-15-28(16-32-11-12-33(5,6)7)23(22(20)24(29)27(3)26-21)18-9-8-10-19(14-18)25(30)31-4/h8-10,14-15,17H,11-13,16H2,1-7H3. The van der Waals surface area contributed by atoms with Crippen LogP contribution in [0.5, 0.6) is 0 Å². The Kier molecular flexibility index (Phi) is 7.59. The summed E-state index contributed by atoms with van der Waals surface area (Å²) in [5.41, 5.74) is 2.64. The molecule has 33 heavy (non-hydrogen) atoms. The second-order valence-corrected chi connectivity index (χ2v) is 15.8. The van der Waals surface area contributed by atoms with Crippen molar-refractivity contribution >= 4 is 24.8 Å². The average Bonchev–Trinajstić information content (AvgIpc) is 3.13. The summed E-state index contributed by atoms with van der Waals surface area (Å²) in [4.78, 5) is 25.4. The van der Waals surface area contributed by atoms with E-state index in [0.717, 1.165) is 34.8 Å². The lowest BCUT2D eigenvalue weighted by Gasteiger charge is -2.16. The highest BCUT2D eigenvalue weighted by atomic mass is 28.3. The first-order chi connectivity index (χ1) is 15.5. The molecule has 8 heteroatoms. The van der Waals surface area contributed by atoms with Crippen LogP contribution < -0.4 is 5.56 Å². The molecular weight excluding hydrogens is 434 g/mol. The van der Waals surface area contributed by atoms with Gasteiger partial charge in [0, 0.05) is 33.3 Å². The van der Waals surface area contributed by atoms with Gasteiger partial charge < -0.3 is 14.0 Å². The molecule has 0 bridgehead atoms. The molecule has 178 valence electrons. The van der Waals surface area contributed by atoms with Crippen LogP contribution in [0.2, 0.25) is 25.7 Å². The number of aryl methyl sites for hydroxylation is 1. The van der Waals surface area contributed by atoms with E-state index < -0.39 is 14.0 Å². The zero-order chi connectivity index (χ0) is 24.3. The molecule has 0 saturated carbocycles. The molecule has 1 aromatic carbocycles. The van der Waals surface area contributed by atoms with E-state index in [-0.39, 0.29) is 5.56 Å². The van der Waals surface area contributed by atoms with E-state index in [1.165, 1.54) is 11.8 Å². The molecule has 0 N–H and O–H groups in total. The SMILES string of the molecule is COC(=O)c1cccc(-c2c3c(=O)n(C)nc(CC(C)C)c3cn2COCC[Si](C)(C)C)c1. The quantitative estimate of drug-likeness (QED) is 0.258. The summed E-state index contributed by atoms with van der Waals surface area (Å²) < 4.78 is 14.3. The number of hydrogen-bond donors (Lipinski definition) is 0. The van der Waals surface area contributed by atoms with E-state index in [9.17, 15) is 9.59 Å². The van der Waals surface area contributed by atoms with Crippen LogP contribution in [0.15, 0.2) is 35.3 Å². The van der Waals surface area contributed by atoms with Crippen LogP contribution >= 0.6 is 0 Å². The minimum Gasteiger partial charge on any atom is -0.465 e. The van der Waals surface area contributed by atoms with Crippen molar-refractivity contribution in [2.45, 2.75) is 52.7 Å². The average molecular weight is 470 g/mol. The van der Waals surface area contributed by atoms with Crippen LogP contribution in [0.3, 0.4) is 0 Å². The maximum absolute atomic E-state index is 13.3. The lowest BCUT2D eigenvalue weighted by Crippen LogP contribution is -2.22. The van der Waals surface area contributed by atoms with Crippen molar-refractivity contribution in [1.82, 2.24) is 14.3 Å². The highest BCUT2D eigenvalue weighted by Gasteiger charge is 2.21. The first-order valence-electron chi connectivity index (χ1n) is 11.4. The van der Waals surface area contributed by atoms with Gasteiger partial charge in [-0.05, 0) is 36.1 Å². The van der Waals surface area contributed by atoms with E-state index in [4.69, 9.17) is 9.47 Å². The number of benzene rings is 1. The van der Waals surface area contributed by atoms with E-state index in [2.05, 4.69) is 38.6 Å². The van der Waals surface area contributed by atoms with Gasteiger partial charge in [-0.1, -0.05) is 45.6 Å². The number of hydrogen-bond acceptors (Lipinski definition) is 5. The monoisotopic (exact) mass is 469 g/mol. The molecule has 0 aliphatic carbocycles.